The molecule has 0 spiro atoms. The molecule has 1 saturated carbocycles. The van der Waals surface area contributed by atoms with E-state index in [0.29, 0.717) is 0 Å². The van der Waals surface area contributed by atoms with E-state index in [1.54, 1.807) is 0 Å². The highest BCUT2D eigenvalue weighted by Gasteiger charge is 2.21. The number of allylic oxidation sites excluding steroid dienone is 1. The minimum atomic E-state index is 0.754. The maximum absolute atomic E-state index is 3.30. The Balaban J connectivity index is 1.60. The Morgan fingerprint density at radius 1 is 0.846 bits per heavy atom. The molecule has 2 aromatic rings. The molecule has 26 heavy (non-hydrogen) atoms. The van der Waals surface area contributed by atoms with Gasteiger partial charge in [-0.15, -0.1) is 0 Å². The third-order valence-electron chi connectivity index (χ3n) is 5.55. The second-order valence-corrected chi connectivity index (χ2v) is 7.50. The summed E-state index contributed by atoms with van der Waals surface area (Å²) in [5.41, 5.74) is 4.89. The van der Waals surface area contributed by atoms with Crippen molar-refractivity contribution in [3.8, 4) is 11.8 Å². The van der Waals surface area contributed by atoms with E-state index in [9.17, 15) is 0 Å². The van der Waals surface area contributed by atoms with Crippen LogP contribution in [0.15, 0.2) is 54.6 Å². The van der Waals surface area contributed by atoms with Gasteiger partial charge in [-0.25, -0.2) is 0 Å². The van der Waals surface area contributed by atoms with Crippen molar-refractivity contribution in [3.05, 3.63) is 76.9 Å². The fourth-order valence-electron chi connectivity index (χ4n) is 4.05. The SMILES string of the molecule is CC=Cc1ccc(C#Cc2ccc(C3CCC(CCC)CC3)cc2)cc1. The molecule has 1 aliphatic rings. The smallest absolute Gasteiger partial charge is 0.0249 e. The van der Waals surface area contributed by atoms with Crippen molar-refractivity contribution < 1.29 is 0 Å². The number of hydrogen-bond donors (Lipinski definition) is 0. The standard InChI is InChI=1S/C26H30/c1-3-5-21-7-9-23(10-8-21)11-12-24-15-19-26(20-16-24)25-17-13-22(6-4-2)14-18-25/h3,5,7-10,15-16,19-20,22,25H,4,6,13-14,17-18H2,1-2H3. The lowest BCUT2D eigenvalue weighted by molar-refractivity contribution is 0.308. The zero-order valence-electron chi connectivity index (χ0n) is 16.2. The van der Waals surface area contributed by atoms with E-state index in [-0.39, 0.29) is 0 Å². The molecule has 0 heteroatoms. The molecule has 1 fully saturated rings. The summed E-state index contributed by atoms with van der Waals surface area (Å²) in [5.74, 6) is 8.30. The van der Waals surface area contributed by atoms with Crippen LogP contribution in [-0.4, -0.2) is 0 Å². The summed E-state index contributed by atoms with van der Waals surface area (Å²) in [6, 6.07) is 17.4. The summed E-state index contributed by atoms with van der Waals surface area (Å²) < 4.78 is 0. The lowest BCUT2D eigenvalue weighted by Gasteiger charge is -2.28. The van der Waals surface area contributed by atoms with E-state index < -0.39 is 0 Å². The number of benzene rings is 2. The molecule has 0 heterocycles. The first-order valence-corrected chi connectivity index (χ1v) is 10.1. The maximum atomic E-state index is 3.30. The van der Waals surface area contributed by atoms with Crippen LogP contribution in [0.5, 0.6) is 0 Å². The summed E-state index contributed by atoms with van der Waals surface area (Å²) in [5, 5.41) is 0. The Hall–Kier alpha value is -2.26. The van der Waals surface area contributed by atoms with Crippen LogP contribution in [-0.2, 0) is 0 Å². The van der Waals surface area contributed by atoms with Gasteiger partial charge in [0.25, 0.3) is 0 Å². The molecule has 0 nitrogen and oxygen atoms in total. The van der Waals surface area contributed by atoms with Crippen LogP contribution < -0.4 is 0 Å². The van der Waals surface area contributed by atoms with Crippen LogP contribution in [0.3, 0.4) is 0 Å². The van der Waals surface area contributed by atoms with Crippen LogP contribution in [0, 0.1) is 17.8 Å². The Kier molecular flexibility index (Phi) is 6.73. The highest BCUT2D eigenvalue weighted by Crippen LogP contribution is 2.37. The van der Waals surface area contributed by atoms with Crippen LogP contribution in [0.4, 0.5) is 0 Å². The molecule has 0 amide bonds. The van der Waals surface area contributed by atoms with E-state index in [1.807, 2.05) is 6.92 Å². The molecule has 0 aliphatic heterocycles. The summed E-state index contributed by atoms with van der Waals surface area (Å²) >= 11 is 0. The van der Waals surface area contributed by atoms with Crippen LogP contribution >= 0.6 is 0 Å². The zero-order chi connectivity index (χ0) is 18.2. The average molecular weight is 343 g/mol. The molecule has 0 saturated heterocycles. The molecule has 1 aliphatic carbocycles. The Morgan fingerprint density at radius 2 is 1.42 bits per heavy atom. The number of hydrogen-bond acceptors (Lipinski definition) is 0. The van der Waals surface area contributed by atoms with Gasteiger partial charge in [-0.3, -0.25) is 0 Å². The summed E-state index contributed by atoms with van der Waals surface area (Å²) in [6.07, 6.45) is 12.4. The van der Waals surface area contributed by atoms with Crippen molar-refractivity contribution >= 4 is 6.08 Å². The largest absolute Gasteiger partial charge is 0.0871 e. The molecule has 0 atom stereocenters. The van der Waals surface area contributed by atoms with Gasteiger partial charge in [-0.1, -0.05) is 68.0 Å². The maximum Gasteiger partial charge on any atom is 0.0249 e. The molecule has 0 aromatic heterocycles. The van der Waals surface area contributed by atoms with Gasteiger partial charge in [0.1, 0.15) is 0 Å². The zero-order valence-corrected chi connectivity index (χ0v) is 16.2. The van der Waals surface area contributed by atoms with Crippen molar-refractivity contribution in [1.82, 2.24) is 0 Å². The molecular weight excluding hydrogens is 312 g/mol. The molecule has 0 N–H and O–H groups in total. The minimum absolute atomic E-state index is 0.754. The van der Waals surface area contributed by atoms with Crippen molar-refractivity contribution in [2.45, 2.75) is 58.3 Å². The average Bonchev–Trinajstić information content (AvgIpc) is 2.69. The summed E-state index contributed by atoms with van der Waals surface area (Å²) in [7, 11) is 0. The van der Waals surface area contributed by atoms with Gasteiger partial charge >= 0.3 is 0 Å². The summed E-state index contributed by atoms with van der Waals surface area (Å²) in [4.78, 5) is 0. The highest BCUT2D eigenvalue weighted by atomic mass is 14.3. The second-order valence-electron chi connectivity index (χ2n) is 7.50. The minimum Gasteiger partial charge on any atom is -0.0871 e. The van der Waals surface area contributed by atoms with E-state index in [2.05, 4.69) is 79.4 Å². The molecule has 0 radical (unpaired) electrons. The van der Waals surface area contributed by atoms with Crippen LogP contribution in [0.2, 0.25) is 0 Å². The van der Waals surface area contributed by atoms with E-state index >= 15 is 0 Å². The predicted molar refractivity (Wildman–Crippen MR) is 113 cm³/mol. The lowest BCUT2D eigenvalue weighted by atomic mass is 9.77. The molecule has 134 valence electrons. The first-order chi connectivity index (χ1) is 12.8. The van der Waals surface area contributed by atoms with E-state index in [1.165, 1.54) is 49.7 Å². The molecule has 3 rings (SSSR count). The van der Waals surface area contributed by atoms with Crippen molar-refractivity contribution in [3.63, 3.8) is 0 Å². The highest BCUT2D eigenvalue weighted by molar-refractivity contribution is 5.52. The monoisotopic (exact) mass is 342 g/mol. The van der Waals surface area contributed by atoms with Gasteiger partial charge in [0, 0.05) is 11.1 Å². The van der Waals surface area contributed by atoms with E-state index in [4.69, 9.17) is 0 Å². The molecule has 0 bridgehead atoms. The van der Waals surface area contributed by atoms with Gasteiger partial charge in [0.05, 0.1) is 0 Å². The second kappa shape index (κ2) is 9.44. The topological polar surface area (TPSA) is 0 Å². The fourth-order valence-corrected chi connectivity index (χ4v) is 4.05. The Morgan fingerprint density at radius 3 is 1.96 bits per heavy atom. The third kappa shape index (κ3) is 5.12. The van der Waals surface area contributed by atoms with E-state index in [0.717, 1.165) is 23.0 Å². The van der Waals surface area contributed by atoms with Gasteiger partial charge in [-0.05, 0) is 79.8 Å². The quantitative estimate of drug-likeness (QED) is 0.516. The third-order valence-corrected chi connectivity index (χ3v) is 5.55. The molecule has 2 aromatic carbocycles. The predicted octanol–water partition coefficient (Wildman–Crippen LogP) is 7.19. The van der Waals surface area contributed by atoms with Crippen molar-refractivity contribution in [2.75, 3.05) is 0 Å². The van der Waals surface area contributed by atoms with Crippen molar-refractivity contribution in [1.29, 1.82) is 0 Å². The first kappa shape index (κ1) is 18.5. The normalized spacial score (nSPS) is 19.9. The molecule has 0 unspecified atom stereocenters. The van der Waals surface area contributed by atoms with Crippen LogP contribution in [0.25, 0.3) is 6.08 Å². The fraction of sp³-hybridized carbons (Fsp3) is 0.385. The van der Waals surface area contributed by atoms with Gasteiger partial charge in [0.15, 0.2) is 0 Å². The van der Waals surface area contributed by atoms with Gasteiger partial charge in [-0.2, -0.15) is 0 Å². The Labute approximate surface area is 159 Å². The van der Waals surface area contributed by atoms with Gasteiger partial charge < -0.3 is 0 Å². The first-order valence-electron chi connectivity index (χ1n) is 10.1. The number of rotatable bonds is 4. The van der Waals surface area contributed by atoms with Crippen LogP contribution in [0.1, 0.15) is 80.5 Å². The van der Waals surface area contributed by atoms with Crippen molar-refractivity contribution in [2.24, 2.45) is 5.92 Å². The summed E-state index contributed by atoms with van der Waals surface area (Å²) in [6.45, 7) is 4.34. The molecular formula is C26H30. The lowest BCUT2D eigenvalue weighted by Crippen LogP contribution is -2.13. The Bertz CT molecular complexity index is 758. The van der Waals surface area contributed by atoms with Gasteiger partial charge in [0.2, 0.25) is 0 Å².